The Bertz CT molecular complexity index is 303. The van der Waals surface area contributed by atoms with Crippen LogP contribution in [0.2, 0.25) is 0 Å². The molecule has 1 heteroatoms. The van der Waals surface area contributed by atoms with E-state index < -0.39 is 0 Å². The first-order valence-corrected chi connectivity index (χ1v) is 5.75. The monoisotopic (exact) mass is 206 g/mol. The second kappa shape index (κ2) is 5.32. The number of aliphatic hydroxyl groups excluding tert-OH is 1. The number of benzene rings is 1. The Morgan fingerprint density at radius 3 is 2.13 bits per heavy atom. The highest BCUT2D eigenvalue weighted by molar-refractivity contribution is 5.37. The van der Waals surface area contributed by atoms with Gasteiger partial charge in [0, 0.05) is 0 Å². The van der Waals surface area contributed by atoms with E-state index in [1.165, 1.54) is 22.3 Å². The maximum absolute atomic E-state index is 9.21. The molecule has 0 spiro atoms. The molecular weight excluding hydrogens is 184 g/mol. The van der Waals surface area contributed by atoms with Crippen molar-refractivity contribution in [2.75, 3.05) is 0 Å². The number of rotatable bonds is 4. The molecule has 1 N–H and O–H groups in total. The highest BCUT2D eigenvalue weighted by Gasteiger charge is 2.04. The second-order valence-electron chi connectivity index (χ2n) is 4.62. The summed E-state index contributed by atoms with van der Waals surface area (Å²) < 4.78 is 0. The summed E-state index contributed by atoms with van der Waals surface area (Å²) in [6.45, 7) is 8.35. The molecule has 0 fully saturated rings. The van der Waals surface area contributed by atoms with Crippen molar-refractivity contribution in [3.05, 3.63) is 34.4 Å². The fourth-order valence-corrected chi connectivity index (χ4v) is 2.18. The molecule has 0 heterocycles. The molecule has 0 aliphatic heterocycles. The molecule has 0 aromatic heterocycles. The van der Waals surface area contributed by atoms with Gasteiger partial charge in [-0.05, 0) is 63.6 Å². The van der Waals surface area contributed by atoms with Crippen LogP contribution in [-0.2, 0) is 6.42 Å². The van der Waals surface area contributed by atoms with Gasteiger partial charge in [0.25, 0.3) is 0 Å². The van der Waals surface area contributed by atoms with Gasteiger partial charge >= 0.3 is 0 Å². The van der Waals surface area contributed by atoms with Gasteiger partial charge in [0.05, 0.1) is 6.10 Å². The molecule has 15 heavy (non-hydrogen) atoms. The first-order chi connectivity index (χ1) is 7.00. The van der Waals surface area contributed by atoms with Crippen molar-refractivity contribution in [1.82, 2.24) is 0 Å². The third-order valence-electron chi connectivity index (χ3n) is 2.89. The molecule has 0 bridgehead atoms. The molecule has 1 aromatic rings. The van der Waals surface area contributed by atoms with Gasteiger partial charge in [-0.3, -0.25) is 0 Å². The Kier molecular flexibility index (Phi) is 4.34. The number of aliphatic hydroxyl groups is 1. The highest BCUT2D eigenvalue weighted by atomic mass is 16.3. The third kappa shape index (κ3) is 3.67. The maximum atomic E-state index is 9.21. The molecule has 0 aliphatic carbocycles. The summed E-state index contributed by atoms with van der Waals surface area (Å²) in [7, 11) is 0. The zero-order chi connectivity index (χ0) is 11.4. The van der Waals surface area contributed by atoms with Gasteiger partial charge in [0.15, 0.2) is 0 Å². The van der Waals surface area contributed by atoms with Crippen molar-refractivity contribution in [3.63, 3.8) is 0 Å². The summed E-state index contributed by atoms with van der Waals surface area (Å²) in [5.41, 5.74) is 5.57. The molecule has 0 radical (unpaired) electrons. The van der Waals surface area contributed by atoms with Crippen molar-refractivity contribution in [2.24, 2.45) is 0 Å². The maximum Gasteiger partial charge on any atom is 0.0512 e. The van der Waals surface area contributed by atoms with Crippen LogP contribution in [0.5, 0.6) is 0 Å². The van der Waals surface area contributed by atoms with E-state index in [9.17, 15) is 5.11 Å². The van der Waals surface area contributed by atoms with Crippen LogP contribution in [-0.4, -0.2) is 11.2 Å². The topological polar surface area (TPSA) is 20.2 Å². The summed E-state index contributed by atoms with van der Waals surface area (Å²) in [5.74, 6) is 0. The molecule has 84 valence electrons. The zero-order valence-electron chi connectivity index (χ0n) is 10.3. The van der Waals surface area contributed by atoms with Crippen LogP contribution in [0.4, 0.5) is 0 Å². The summed E-state index contributed by atoms with van der Waals surface area (Å²) in [6, 6.07) is 4.48. The molecule has 1 atom stereocenters. The Balaban J connectivity index is 2.68. The van der Waals surface area contributed by atoms with Crippen molar-refractivity contribution in [2.45, 2.75) is 53.1 Å². The molecule has 0 aliphatic rings. The van der Waals surface area contributed by atoms with E-state index in [0.717, 1.165) is 19.3 Å². The fourth-order valence-electron chi connectivity index (χ4n) is 2.18. The average Bonchev–Trinajstić information content (AvgIpc) is 2.08. The standard InChI is InChI=1S/C14H22O/c1-10-8-11(2)14(12(3)9-10)7-5-6-13(4)15/h8-9,13,15H,5-7H2,1-4H3/t13-/m0/s1. The van der Waals surface area contributed by atoms with E-state index in [1.807, 2.05) is 6.92 Å². The SMILES string of the molecule is Cc1cc(C)c(CCC[C@H](C)O)c(C)c1. The number of aryl methyl sites for hydroxylation is 3. The predicted octanol–water partition coefficient (Wildman–Crippen LogP) is 3.32. The second-order valence-corrected chi connectivity index (χ2v) is 4.62. The van der Waals surface area contributed by atoms with Gasteiger partial charge in [0.1, 0.15) is 0 Å². The summed E-state index contributed by atoms with van der Waals surface area (Å²) >= 11 is 0. The smallest absolute Gasteiger partial charge is 0.0512 e. The Morgan fingerprint density at radius 2 is 1.67 bits per heavy atom. The Hall–Kier alpha value is -0.820. The van der Waals surface area contributed by atoms with E-state index in [4.69, 9.17) is 0 Å². The molecule has 0 unspecified atom stereocenters. The first-order valence-electron chi connectivity index (χ1n) is 5.75. The van der Waals surface area contributed by atoms with E-state index >= 15 is 0 Å². The van der Waals surface area contributed by atoms with Crippen molar-refractivity contribution < 1.29 is 5.11 Å². The van der Waals surface area contributed by atoms with Crippen molar-refractivity contribution in [3.8, 4) is 0 Å². The lowest BCUT2D eigenvalue weighted by Crippen LogP contribution is -2.02. The van der Waals surface area contributed by atoms with Crippen LogP contribution in [0.1, 0.15) is 42.0 Å². The van der Waals surface area contributed by atoms with Gasteiger partial charge in [-0.25, -0.2) is 0 Å². The van der Waals surface area contributed by atoms with Crippen LogP contribution in [0, 0.1) is 20.8 Å². The van der Waals surface area contributed by atoms with Crippen molar-refractivity contribution >= 4 is 0 Å². The molecule has 1 nitrogen and oxygen atoms in total. The molecule has 1 aromatic carbocycles. The van der Waals surface area contributed by atoms with Crippen LogP contribution in [0.15, 0.2) is 12.1 Å². The van der Waals surface area contributed by atoms with Crippen LogP contribution >= 0.6 is 0 Å². The van der Waals surface area contributed by atoms with Crippen molar-refractivity contribution in [1.29, 1.82) is 0 Å². The lowest BCUT2D eigenvalue weighted by Gasteiger charge is -2.11. The Labute approximate surface area is 93.1 Å². The predicted molar refractivity (Wildman–Crippen MR) is 65.3 cm³/mol. The molecular formula is C14H22O. The normalized spacial score (nSPS) is 12.9. The van der Waals surface area contributed by atoms with E-state index in [1.54, 1.807) is 0 Å². The van der Waals surface area contributed by atoms with Gasteiger partial charge in [-0.1, -0.05) is 17.7 Å². The Morgan fingerprint density at radius 1 is 1.13 bits per heavy atom. The van der Waals surface area contributed by atoms with Crippen LogP contribution in [0.25, 0.3) is 0 Å². The lowest BCUT2D eigenvalue weighted by molar-refractivity contribution is 0.181. The van der Waals surface area contributed by atoms with Crippen LogP contribution in [0.3, 0.4) is 0 Å². The van der Waals surface area contributed by atoms with E-state index in [-0.39, 0.29) is 6.10 Å². The largest absolute Gasteiger partial charge is 0.393 e. The summed E-state index contributed by atoms with van der Waals surface area (Å²) in [6.07, 6.45) is 2.88. The number of hydrogen-bond donors (Lipinski definition) is 1. The molecule has 0 saturated carbocycles. The third-order valence-corrected chi connectivity index (χ3v) is 2.89. The lowest BCUT2D eigenvalue weighted by atomic mass is 9.95. The average molecular weight is 206 g/mol. The number of hydrogen-bond acceptors (Lipinski definition) is 1. The van der Waals surface area contributed by atoms with E-state index in [2.05, 4.69) is 32.9 Å². The van der Waals surface area contributed by atoms with Gasteiger partial charge in [0.2, 0.25) is 0 Å². The van der Waals surface area contributed by atoms with E-state index in [0.29, 0.717) is 0 Å². The summed E-state index contributed by atoms with van der Waals surface area (Å²) in [4.78, 5) is 0. The fraction of sp³-hybridized carbons (Fsp3) is 0.571. The van der Waals surface area contributed by atoms with Gasteiger partial charge in [-0.15, -0.1) is 0 Å². The van der Waals surface area contributed by atoms with Crippen LogP contribution < -0.4 is 0 Å². The first kappa shape index (κ1) is 12.3. The quantitative estimate of drug-likeness (QED) is 0.801. The zero-order valence-corrected chi connectivity index (χ0v) is 10.3. The van der Waals surface area contributed by atoms with Gasteiger partial charge < -0.3 is 5.11 Å². The molecule has 1 rings (SSSR count). The molecule has 0 saturated heterocycles. The van der Waals surface area contributed by atoms with Gasteiger partial charge in [-0.2, -0.15) is 0 Å². The summed E-state index contributed by atoms with van der Waals surface area (Å²) in [5, 5.41) is 9.21. The minimum atomic E-state index is -0.170. The highest BCUT2D eigenvalue weighted by Crippen LogP contribution is 2.18. The minimum absolute atomic E-state index is 0.170. The molecule has 0 amide bonds. The minimum Gasteiger partial charge on any atom is -0.393 e.